The van der Waals surface area contributed by atoms with E-state index in [1.165, 1.54) is 14.2 Å². The average molecular weight is 218 g/mol. The van der Waals surface area contributed by atoms with Gasteiger partial charge in [-0.1, -0.05) is 6.92 Å². The van der Waals surface area contributed by atoms with Gasteiger partial charge < -0.3 is 14.2 Å². The molecule has 0 aromatic carbocycles. The zero-order valence-electron chi connectivity index (χ0n) is 9.20. The summed E-state index contributed by atoms with van der Waals surface area (Å²) < 4.78 is 14.8. The summed E-state index contributed by atoms with van der Waals surface area (Å²) in [6, 6.07) is 0. The van der Waals surface area contributed by atoms with E-state index in [1.54, 1.807) is 6.08 Å². The van der Waals surface area contributed by atoms with Crippen LogP contribution in [0.1, 0.15) is 13.3 Å². The minimum Gasteiger partial charge on any atom is -0.463 e. The second kappa shape index (κ2) is 7.72. The van der Waals surface area contributed by atoms with Crippen molar-refractivity contribution in [3.8, 4) is 0 Å². The van der Waals surface area contributed by atoms with Crippen LogP contribution in [-0.2, 0) is 19.0 Å². The van der Waals surface area contributed by atoms with E-state index >= 15 is 0 Å². The number of carbonyl (C=O) groups is 1. The molecule has 0 bridgehead atoms. The maximum Gasteiger partial charge on any atom is 0.328 e. The van der Waals surface area contributed by atoms with E-state index in [-0.39, 0.29) is 5.97 Å². The van der Waals surface area contributed by atoms with Crippen molar-refractivity contribution >= 4 is 16.2 Å². The van der Waals surface area contributed by atoms with E-state index in [2.05, 4.69) is 0 Å². The third kappa shape index (κ3) is 5.16. The fourth-order valence-corrected chi connectivity index (χ4v) is 1.23. The largest absolute Gasteiger partial charge is 0.463 e. The monoisotopic (exact) mass is 218 g/mol. The molecule has 82 valence electrons. The van der Waals surface area contributed by atoms with E-state index in [0.717, 1.165) is 6.42 Å². The Labute approximate surface area is 87.6 Å². The van der Waals surface area contributed by atoms with Crippen molar-refractivity contribution in [3.63, 3.8) is 0 Å². The predicted octanol–water partition coefficient (Wildman–Crippen LogP) is -0.192. The van der Waals surface area contributed by atoms with E-state index in [0.29, 0.717) is 22.0 Å². The molecule has 0 unspecified atom stereocenters. The van der Waals surface area contributed by atoms with Crippen molar-refractivity contribution < 1.29 is 19.0 Å². The minimum atomic E-state index is -0.461. The molecule has 0 saturated carbocycles. The SMILES string of the molecule is CCCOC(=O)C([SiH3])=CC(OC)OC. The molecule has 0 saturated heterocycles. The number of ether oxygens (including phenoxy) is 3. The first-order chi connectivity index (χ1) is 6.65. The molecule has 0 aliphatic carbocycles. The minimum absolute atomic E-state index is 0.266. The first kappa shape index (κ1) is 13.3. The second-order valence-electron chi connectivity index (χ2n) is 2.83. The van der Waals surface area contributed by atoms with Gasteiger partial charge in [-0.3, -0.25) is 0 Å². The molecule has 0 radical (unpaired) electrons. The number of methoxy groups -OCH3 is 2. The lowest BCUT2D eigenvalue weighted by atomic mass is 10.4. The molecule has 4 nitrogen and oxygen atoms in total. The van der Waals surface area contributed by atoms with Gasteiger partial charge in [-0.15, -0.1) is 0 Å². The van der Waals surface area contributed by atoms with Gasteiger partial charge in [0.25, 0.3) is 0 Å². The van der Waals surface area contributed by atoms with Gasteiger partial charge in [-0.2, -0.15) is 0 Å². The van der Waals surface area contributed by atoms with E-state index in [9.17, 15) is 4.79 Å². The Morgan fingerprint density at radius 3 is 2.43 bits per heavy atom. The highest BCUT2D eigenvalue weighted by molar-refractivity contribution is 6.35. The average Bonchev–Trinajstić information content (AvgIpc) is 2.21. The molecule has 0 amide bonds. The number of carbonyl (C=O) groups excluding carboxylic acids is 1. The van der Waals surface area contributed by atoms with Crippen molar-refractivity contribution in [2.45, 2.75) is 19.6 Å². The molecule has 14 heavy (non-hydrogen) atoms. The zero-order valence-corrected chi connectivity index (χ0v) is 11.2. The van der Waals surface area contributed by atoms with Crippen LogP contribution in [-0.4, -0.2) is 43.3 Å². The van der Waals surface area contributed by atoms with Crippen molar-refractivity contribution in [2.24, 2.45) is 0 Å². The summed E-state index contributed by atoms with van der Waals surface area (Å²) in [7, 11) is 3.67. The third-order valence-corrected chi connectivity index (χ3v) is 2.35. The fourth-order valence-electron chi connectivity index (χ4n) is 0.813. The van der Waals surface area contributed by atoms with Gasteiger partial charge >= 0.3 is 5.97 Å². The van der Waals surface area contributed by atoms with Crippen molar-refractivity contribution in [3.05, 3.63) is 11.3 Å². The number of hydrogen-bond acceptors (Lipinski definition) is 4. The summed E-state index contributed by atoms with van der Waals surface area (Å²) in [5.41, 5.74) is 0. The van der Waals surface area contributed by atoms with Gasteiger partial charge in [0, 0.05) is 29.7 Å². The topological polar surface area (TPSA) is 44.8 Å². The van der Waals surface area contributed by atoms with Crippen LogP contribution >= 0.6 is 0 Å². The lowest BCUT2D eigenvalue weighted by Crippen LogP contribution is -2.15. The fraction of sp³-hybridized carbons (Fsp3) is 0.667. The first-order valence-corrected chi connectivity index (χ1v) is 5.56. The summed E-state index contributed by atoms with van der Waals surface area (Å²) in [6.07, 6.45) is 2.01. The van der Waals surface area contributed by atoms with Crippen molar-refractivity contribution in [1.29, 1.82) is 0 Å². The van der Waals surface area contributed by atoms with Crippen LogP contribution in [0.5, 0.6) is 0 Å². The highest BCUT2D eigenvalue weighted by atomic mass is 28.1. The molecule has 0 spiro atoms. The van der Waals surface area contributed by atoms with Gasteiger partial charge in [-0.25, -0.2) is 4.79 Å². The van der Waals surface area contributed by atoms with Crippen LogP contribution in [0, 0.1) is 0 Å². The Hall–Kier alpha value is -0.653. The Bertz CT molecular complexity index is 199. The Morgan fingerprint density at radius 2 is 2.00 bits per heavy atom. The molecule has 5 heteroatoms. The van der Waals surface area contributed by atoms with E-state index < -0.39 is 6.29 Å². The highest BCUT2D eigenvalue weighted by Gasteiger charge is 2.08. The standard InChI is InChI=1S/C9H18O4Si/c1-4-5-13-9(10)7(14)6-8(11-2)12-3/h6,8H,4-5H2,1-3,14H3. The molecule has 0 fully saturated rings. The summed E-state index contributed by atoms with van der Waals surface area (Å²) in [4.78, 5) is 11.3. The van der Waals surface area contributed by atoms with Crippen LogP contribution in [0.4, 0.5) is 0 Å². The Morgan fingerprint density at radius 1 is 1.43 bits per heavy atom. The molecule has 0 aromatic rings. The lowest BCUT2D eigenvalue weighted by Gasteiger charge is -2.09. The number of esters is 1. The van der Waals surface area contributed by atoms with Crippen LogP contribution < -0.4 is 0 Å². The Kier molecular flexibility index (Phi) is 7.36. The van der Waals surface area contributed by atoms with Crippen LogP contribution in [0.25, 0.3) is 0 Å². The lowest BCUT2D eigenvalue weighted by molar-refractivity contribution is -0.138. The molecule has 0 aliphatic heterocycles. The number of rotatable bonds is 6. The zero-order chi connectivity index (χ0) is 11.0. The molecule has 0 atom stereocenters. The van der Waals surface area contributed by atoms with Crippen LogP contribution in [0.2, 0.25) is 0 Å². The third-order valence-electron chi connectivity index (χ3n) is 1.61. The van der Waals surface area contributed by atoms with Crippen molar-refractivity contribution in [2.75, 3.05) is 20.8 Å². The van der Waals surface area contributed by atoms with Gasteiger partial charge in [-0.05, 0) is 12.5 Å². The second-order valence-corrected chi connectivity index (χ2v) is 3.90. The molecule has 0 heterocycles. The Balaban J connectivity index is 4.13. The van der Waals surface area contributed by atoms with E-state index in [1.807, 2.05) is 6.92 Å². The smallest absolute Gasteiger partial charge is 0.328 e. The molecular weight excluding hydrogens is 200 g/mol. The molecule has 0 aliphatic rings. The molecule has 0 rings (SSSR count). The van der Waals surface area contributed by atoms with Gasteiger partial charge in [0.15, 0.2) is 6.29 Å². The maximum absolute atomic E-state index is 11.3. The highest BCUT2D eigenvalue weighted by Crippen LogP contribution is 2.00. The molecule has 0 N–H and O–H groups in total. The van der Waals surface area contributed by atoms with Crippen LogP contribution in [0.3, 0.4) is 0 Å². The predicted molar refractivity (Wildman–Crippen MR) is 57.1 cm³/mol. The normalized spacial score (nSPS) is 12.1. The summed E-state index contributed by atoms with van der Waals surface area (Å²) >= 11 is 0. The van der Waals surface area contributed by atoms with Crippen LogP contribution in [0.15, 0.2) is 11.3 Å². The summed E-state index contributed by atoms with van der Waals surface area (Å²) in [5.74, 6) is -0.266. The van der Waals surface area contributed by atoms with Crippen molar-refractivity contribution in [1.82, 2.24) is 0 Å². The molecule has 0 aromatic heterocycles. The summed E-state index contributed by atoms with van der Waals surface area (Å²) in [5, 5.41) is 0.632. The van der Waals surface area contributed by atoms with Gasteiger partial charge in [0.2, 0.25) is 0 Å². The molecular formula is C9H18O4Si. The maximum atomic E-state index is 11.3. The number of hydrogen-bond donors (Lipinski definition) is 0. The summed E-state index contributed by atoms with van der Waals surface area (Å²) in [6.45, 7) is 2.42. The van der Waals surface area contributed by atoms with Gasteiger partial charge in [0.05, 0.1) is 6.61 Å². The quantitative estimate of drug-likeness (QED) is 0.268. The van der Waals surface area contributed by atoms with Gasteiger partial charge in [0.1, 0.15) is 0 Å². The first-order valence-electron chi connectivity index (χ1n) is 4.56. The van der Waals surface area contributed by atoms with E-state index in [4.69, 9.17) is 14.2 Å².